The van der Waals surface area contributed by atoms with E-state index < -0.39 is 0 Å². The van der Waals surface area contributed by atoms with Gasteiger partial charge in [-0.15, -0.1) is 0 Å². The number of benzene rings is 1. The molecule has 0 radical (unpaired) electrons. The predicted octanol–water partition coefficient (Wildman–Crippen LogP) is 2.88. The molecule has 4 heteroatoms. The molecule has 0 unspecified atom stereocenters. The molecule has 1 spiro atoms. The van der Waals surface area contributed by atoms with Crippen LogP contribution in [0.25, 0.3) is 0 Å². The molecular formula is C15H18ClNO2. The number of anilines is 1. The summed E-state index contributed by atoms with van der Waals surface area (Å²) in [5.41, 5.74) is 1.65. The van der Waals surface area contributed by atoms with Crippen molar-refractivity contribution in [1.82, 2.24) is 0 Å². The minimum atomic E-state index is -0.354. The predicted molar refractivity (Wildman–Crippen MR) is 75.7 cm³/mol. The van der Waals surface area contributed by atoms with Crippen molar-refractivity contribution in [2.75, 3.05) is 18.1 Å². The molecular weight excluding hydrogens is 262 g/mol. The van der Waals surface area contributed by atoms with Crippen molar-refractivity contribution in [2.24, 2.45) is 0 Å². The average Bonchev–Trinajstić information content (AvgIpc) is 2.63. The molecule has 1 N–H and O–H groups in total. The molecule has 1 amide bonds. The first kappa shape index (κ1) is 12.9. The van der Waals surface area contributed by atoms with Crippen molar-refractivity contribution in [3.8, 4) is 0 Å². The van der Waals surface area contributed by atoms with Crippen molar-refractivity contribution >= 4 is 23.2 Å². The van der Waals surface area contributed by atoms with E-state index in [0.717, 1.165) is 36.9 Å². The third kappa shape index (κ3) is 1.87. The van der Waals surface area contributed by atoms with Gasteiger partial charge in [0.05, 0.1) is 12.0 Å². The fourth-order valence-electron chi connectivity index (χ4n) is 3.58. The zero-order valence-corrected chi connectivity index (χ0v) is 11.6. The number of halogens is 1. The summed E-state index contributed by atoms with van der Waals surface area (Å²) in [6.07, 6.45) is 5.24. The highest BCUT2D eigenvalue weighted by Crippen LogP contribution is 2.50. The Balaban J connectivity index is 2.11. The smallest absolute Gasteiger partial charge is 0.237 e. The quantitative estimate of drug-likeness (QED) is 0.904. The summed E-state index contributed by atoms with van der Waals surface area (Å²) in [6.45, 7) is 0.335. The molecule has 1 heterocycles. The van der Waals surface area contributed by atoms with Crippen molar-refractivity contribution in [3.63, 3.8) is 0 Å². The van der Waals surface area contributed by atoms with Gasteiger partial charge in [-0.25, -0.2) is 0 Å². The van der Waals surface area contributed by atoms with Gasteiger partial charge >= 0.3 is 0 Å². The van der Waals surface area contributed by atoms with E-state index in [1.54, 1.807) is 4.90 Å². The van der Waals surface area contributed by atoms with Crippen LogP contribution < -0.4 is 4.90 Å². The fourth-order valence-corrected chi connectivity index (χ4v) is 3.74. The van der Waals surface area contributed by atoms with Gasteiger partial charge in [-0.3, -0.25) is 4.79 Å². The number of rotatable bonds is 2. The Labute approximate surface area is 118 Å². The van der Waals surface area contributed by atoms with Crippen LogP contribution in [0.1, 0.15) is 37.7 Å². The number of aliphatic hydroxyl groups is 1. The monoisotopic (exact) mass is 279 g/mol. The Morgan fingerprint density at radius 2 is 2.00 bits per heavy atom. The summed E-state index contributed by atoms with van der Waals surface area (Å²) in [4.78, 5) is 14.5. The van der Waals surface area contributed by atoms with Crippen LogP contribution in [0.5, 0.6) is 0 Å². The van der Waals surface area contributed by atoms with Crippen LogP contribution in [0.4, 0.5) is 5.69 Å². The van der Waals surface area contributed by atoms with Crippen LogP contribution in [0.15, 0.2) is 18.2 Å². The van der Waals surface area contributed by atoms with Gasteiger partial charge in [0.1, 0.15) is 0 Å². The van der Waals surface area contributed by atoms with Gasteiger partial charge in [-0.1, -0.05) is 36.9 Å². The van der Waals surface area contributed by atoms with Crippen LogP contribution in [0, 0.1) is 0 Å². The molecule has 102 valence electrons. The van der Waals surface area contributed by atoms with Gasteiger partial charge in [0.2, 0.25) is 5.91 Å². The molecule has 0 saturated heterocycles. The number of β-amino-alcohol motifs (C(OH)–C–C–N with tert-alkyl or cyclic N) is 1. The summed E-state index contributed by atoms with van der Waals surface area (Å²) in [5, 5.41) is 9.84. The lowest BCUT2D eigenvalue weighted by atomic mass is 9.70. The lowest BCUT2D eigenvalue weighted by Crippen LogP contribution is -2.42. The standard InChI is InChI=1S/C15H18ClNO2/c16-11-4-5-12-13(10-11)17(8-9-18)14(19)15(12)6-2-1-3-7-15/h4-5,10,18H,1-3,6-9H2. The first-order chi connectivity index (χ1) is 9.19. The summed E-state index contributed by atoms with van der Waals surface area (Å²) in [6, 6.07) is 5.72. The van der Waals surface area contributed by atoms with E-state index in [-0.39, 0.29) is 17.9 Å². The van der Waals surface area contributed by atoms with Crippen LogP contribution >= 0.6 is 11.6 Å². The second-order valence-electron chi connectivity index (χ2n) is 5.48. The second kappa shape index (κ2) is 4.80. The SMILES string of the molecule is O=C1N(CCO)c2cc(Cl)ccc2C12CCCCC2. The highest BCUT2D eigenvalue weighted by atomic mass is 35.5. The summed E-state index contributed by atoms with van der Waals surface area (Å²) in [7, 11) is 0. The molecule has 19 heavy (non-hydrogen) atoms. The molecule has 1 aromatic carbocycles. The van der Waals surface area contributed by atoms with Crippen LogP contribution in [-0.2, 0) is 10.2 Å². The first-order valence-corrected chi connectivity index (χ1v) is 7.30. The zero-order chi connectivity index (χ0) is 13.5. The van der Waals surface area contributed by atoms with Crippen molar-refractivity contribution < 1.29 is 9.90 Å². The van der Waals surface area contributed by atoms with E-state index in [2.05, 4.69) is 0 Å². The molecule has 2 aliphatic rings. The molecule has 0 aromatic heterocycles. The number of amides is 1. The van der Waals surface area contributed by atoms with E-state index in [1.807, 2.05) is 18.2 Å². The third-order valence-corrected chi connectivity index (χ3v) is 4.69. The van der Waals surface area contributed by atoms with Crippen molar-refractivity contribution in [2.45, 2.75) is 37.5 Å². The van der Waals surface area contributed by atoms with E-state index >= 15 is 0 Å². The second-order valence-corrected chi connectivity index (χ2v) is 5.92. The zero-order valence-electron chi connectivity index (χ0n) is 10.9. The Morgan fingerprint density at radius 3 is 2.68 bits per heavy atom. The Bertz CT molecular complexity index is 509. The Hall–Kier alpha value is -1.06. The average molecular weight is 280 g/mol. The molecule has 1 aliphatic heterocycles. The van der Waals surface area contributed by atoms with Crippen LogP contribution in [0.3, 0.4) is 0 Å². The van der Waals surface area contributed by atoms with Crippen molar-refractivity contribution in [1.29, 1.82) is 0 Å². The van der Waals surface area contributed by atoms with E-state index in [0.29, 0.717) is 11.6 Å². The molecule has 3 nitrogen and oxygen atoms in total. The van der Waals surface area contributed by atoms with E-state index in [1.165, 1.54) is 6.42 Å². The largest absolute Gasteiger partial charge is 0.395 e. The number of hydrogen-bond acceptors (Lipinski definition) is 2. The Morgan fingerprint density at radius 1 is 1.26 bits per heavy atom. The molecule has 0 atom stereocenters. The summed E-state index contributed by atoms with van der Waals surface area (Å²) >= 11 is 6.06. The topological polar surface area (TPSA) is 40.5 Å². The van der Waals surface area contributed by atoms with Gasteiger partial charge in [0.15, 0.2) is 0 Å². The molecule has 1 fully saturated rings. The number of nitrogens with zero attached hydrogens (tertiary/aromatic N) is 1. The van der Waals surface area contributed by atoms with Gasteiger partial charge in [0.25, 0.3) is 0 Å². The molecule has 3 rings (SSSR count). The minimum Gasteiger partial charge on any atom is -0.395 e. The maximum absolute atomic E-state index is 12.8. The third-order valence-electron chi connectivity index (χ3n) is 4.45. The summed E-state index contributed by atoms with van der Waals surface area (Å²) in [5.74, 6) is 0.151. The van der Waals surface area contributed by atoms with E-state index in [9.17, 15) is 9.90 Å². The van der Waals surface area contributed by atoms with Crippen LogP contribution in [-0.4, -0.2) is 24.2 Å². The highest BCUT2D eigenvalue weighted by molar-refractivity contribution is 6.31. The minimum absolute atomic E-state index is 0.0201. The number of aliphatic hydroxyl groups excluding tert-OH is 1. The lowest BCUT2D eigenvalue weighted by molar-refractivity contribution is -0.124. The van der Waals surface area contributed by atoms with Gasteiger partial charge in [-0.05, 0) is 30.5 Å². The number of hydrogen-bond donors (Lipinski definition) is 1. The molecule has 1 aliphatic carbocycles. The molecule has 1 aromatic rings. The fraction of sp³-hybridized carbons (Fsp3) is 0.533. The van der Waals surface area contributed by atoms with Gasteiger partial charge in [0, 0.05) is 17.3 Å². The normalized spacial score (nSPS) is 20.9. The molecule has 0 bridgehead atoms. The number of fused-ring (bicyclic) bond motifs is 2. The maximum Gasteiger partial charge on any atom is 0.237 e. The van der Waals surface area contributed by atoms with Gasteiger partial charge < -0.3 is 10.0 Å². The van der Waals surface area contributed by atoms with Crippen molar-refractivity contribution in [3.05, 3.63) is 28.8 Å². The summed E-state index contributed by atoms with van der Waals surface area (Å²) < 4.78 is 0. The first-order valence-electron chi connectivity index (χ1n) is 6.92. The van der Waals surface area contributed by atoms with Gasteiger partial charge in [-0.2, -0.15) is 0 Å². The number of carbonyl (C=O) groups is 1. The van der Waals surface area contributed by atoms with E-state index in [4.69, 9.17) is 11.6 Å². The van der Waals surface area contributed by atoms with Crippen LogP contribution in [0.2, 0.25) is 5.02 Å². The Kier molecular flexibility index (Phi) is 3.27. The lowest BCUT2D eigenvalue weighted by Gasteiger charge is -2.32. The number of carbonyl (C=O) groups excluding carboxylic acids is 1. The highest BCUT2D eigenvalue weighted by Gasteiger charge is 2.50. The maximum atomic E-state index is 12.8. The molecule has 1 saturated carbocycles.